The van der Waals surface area contributed by atoms with Crippen molar-refractivity contribution in [3.63, 3.8) is 0 Å². The Labute approximate surface area is 190 Å². The molecule has 4 rings (SSSR count). The largest absolute Gasteiger partial charge is 0.280 e. The smallest absolute Gasteiger partial charge is 0.253 e. The molecular formula is C25H22ClN3OS. The lowest BCUT2D eigenvalue weighted by atomic mass is 10.0. The van der Waals surface area contributed by atoms with Crippen molar-refractivity contribution in [3.05, 3.63) is 94.8 Å². The van der Waals surface area contributed by atoms with E-state index in [1.54, 1.807) is 35.5 Å². The second kappa shape index (κ2) is 9.41. The predicted molar refractivity (Wildman–Crippen MR) is 130 cm³/mol. The van der Waals surface area contributed by atoms with E-state index in [1.807, 2.05) is 36.4 Å². The maximum Gasteiger partial charge on any atom is 0.253 e. The summed E-state index contributed by atoms with van der Waals surface area (Å²) in [7, 11) is 0. The highest BCUT2D eigenvalue weighted by Crippen LogP contribution is 2.34. The zero-order valence-electron chi connectivity index (χ0n) is 17.3. The number of carbonyl (C=O) groups is 1. The van der Waals surface area contributed by atoms with Gasteiger partial charge in [0.15, 0.2) is 5.13 Å². The van der Waals surface area contributed by atoms with Crippen LogP contribution in [0.1, 0.15) is 36.5 Å². The fourth-order valence-corrected chi connectivity index (χ4v) is 4.52. The van der Waals surface area contributed by atoms with Crippen LogP contribution in [0.3, 0.4) is 0 Å². The van der Waals surface area contributed by atoms with Crippen LogP contribution in [0.5, 0.6) is 0 Å². The van der Waals surface area contributed by atoms with Gasteiger partial charge in [-0.25, -0.2) is 4.98 Å². The van der Waals surface area contributed by atoms with Crippen LogP contribution in [0.25, 0.3) is 16.3 Å². The Morgan fingerprint density at radius 1 is 1.13 bits per heavy atom. The second-order valence-electron chi connectivity index (χ2n) is 7.49. The average molecular weight is 448 g/mol. The lowest BCUT2D eigenvalue weighted by Crippen LogP contribution is -2.28. The lowest BCUT2D eigenvalue weighted by Gasteiger charge is -2.18. The normalized spacial score (nSPS) is 11.5. The van der Waals surface area contributed by atoms with Gasteiger partial charge in [0.25, 0.3) is 5.91 Å². The van der Waals surface area contributed by atoms with Gasteiger partial charge in [0.1, 0.15) is 0 Å². The molecule has 0 saturated carbocycles. The molecule has 0 aliphatic rings. The van der Waals surface area contributed by atoms with Crippen LogP contribution < -0.4 is 4.90 Å². The van der Waals surface area contributed by atoms with E-state index >= 15 is 0 Å². The van der Waals surface area contributed by atoms with E-state index in [0.29, 0.717) is 22.6 Å². The fourth-order valence-electron chi connectivity index (χ4n) is 3.31. The quantitative estimate of drug-likeness (QED) is 0.308. The third kappa shape index (κ3) is 4.84. The molecule has 2 aromatic heterocycles. The van der Waals surface area contributed by atoms with Gasteiger partial charge in [-0.1, -0.05) is 73.2 Å². The highest BCUT2D eigenvalue weighted by Gasteiger charge is 2.20. The number of hydrogen-bond donors (Lipinski definition) is 0. The summed E-state index contributed by atoms with van der Waals surface area (Å²) < 4.78 is 1.07. The molecule has 0 fully saturated rings. The van der Waals surface area contributed by atoms with Gasteiger partial charge in [0.05, 0.1) is 16.8 Å². The second-order valence-corrected chi connectivity index (χ2v) is 8.90. The number of anilines is 1. The van der Waals surface area contributed by atoms with E-state index in [-0.39, 0.29) is 5.91 Å². The van der Waals surface area contributed by atoms with Gasteiger partial charge in [-0.05, 0) is 46.9 Å². The lowest BCUT2D eigenvalue weighted by molar-refractivity contribution is -0.114. The van der Waals surface area contributed by atoms with Crippen LogP contribution in [0.4, 0.5) is 5.13 Å². The Morgan fingerprint density at radius 3 is 2.71 bits per heavy atom. The summed E-state index contributed by atoms with van der Waals surface area (Å²) >= 11 is 7.76. The molecule has 31 heavy (non-hydrogen) atoms. The third-order valence-corrected chi connectivity index (χ3v) is 6.32. The fraction of sp³-hybridized carbons (Fsp3) is 0.160. The molecule has 0 N–H and O–H groups in total. The van der Waals surface area contributed by atoms with E-state index in [2.05, 4.69) is 31.0 Å². The summed E-state index contributed by atoms with van der Waals surface area (Å²) in [6.07, 6.45) is 6.78. The number of hydrogen-bond acceptors (Lipinski definition) is 4. The molecule has 0 aliphatic carbocycles. The first-order valence-corrected chi connectivity index (χ1v) is 11.2. The minimum atomic E-state index is -0.158. The first-order chi connectivity index (χ1) is 15.0. The van der Waals surface area contributed by atoms with Crippen molar-refractivity contribution in [2.45, 2.75) is 26.3 Å². The SMILES string of the molecule is CC(C)c1cccc2sc(N(Cc3cccnc3)C(=O)/C=C/c3ccccc3Cl)nc12. The number of halogens is 1. The van der Waals surface area contributed by atoms with E-state index in [4.69, 9.17) is 16.6 Å². The number of pyridine rings is 1. The van der Waals surface area contributed by atoms with Gasteiger partial charge < -0.3 is 0 Å². The van der Waals surface area contributed by atoms with Gasteiger partial charge in [0, 0.05) is 23.5 Å². The molecule has 156 valence electrons. The number of amides is 1. The monoisotopic (exact) mass is 447 g/mol. The van der Waals surface area contributed by atoms with E-state index < -0.39 is 0 Å². The van der Waals surface area contributed by atoms with Crippen molar-refractivity contribution < 1.29 is 4.79 Å². The molecule has 2 aromatic carbocycles. The highest BCUT2D eigenvalue weighted by molar-refractivity contribution is 7.22. The standard InChI is InChI=1S/C25H22ClN3OS/c1-17(2)20-9-5-11-22-24(20)28-25(31-22)29(16-18-7-6-14-27-15-18)23(30)13-12-19-8-3-4-10-21(19)26/h3-15,17H,16H2,1-2H3/b13-12+. The summed E-state index contributed by atoms with van der Waals surface area (Å²) in [5, 5.41) is 1.27. The van der Waals surface area contributed by atoms with Crippen molar-refractivity contribution in [2.24, 2.45) is 0 Å². The zero-order chi connectivity index (χ0) is 21.8. The minimum absolute atomic E-state index is 0.158. The van der Waals surface area contributed by atoms with Crippen LogP contribution in [0.15, 0.2) is 73.1 Å². The molecule has 0 atom stereocenters. The zero-order valence-corrected chi connectivity index (χ0v) is 18.9. The number of benzene rings is 2. The molecular weight excluding hydrogens is 426 g/mol. The third-order valence-electron chi connectivity index (χ3n) is 4.93. The molecule has 1 amide bonds. The number of fused-ring (bicyclic) bond motifs is 1. The van der Waals surface area contributed by atoms with Gasteiger partial charge in [0.2, 0.25) is 0 Å². The Hall–Kier alpha value is -3.02. The highest BCUT2D eigenvalue weighted by atomic mass is 35.5. The van der Waals surface area contributed by atoms with Crippen molar-refractivity contribution in [1.82, 2.24) is 9.97 Å². The van der Waals surface area contributed by atoms with E-state index in [9.17, 15) is 4.79 Å². The number of thiazole rings is 1. The van der Waals surface area contributed by atoms with Crippen LogP contribution in [0.2, 0.25) is 5.02 Å². The van der Waals surface area contributed by atoms with Crippen LogP contribution in [-0.2, 0) is 11.3 Å². The molecule has 0 aliphatic heterocycles. The first-order valence-electron chi connectivity index (χ1n) is 10.1. The minimum Gasteiger partial charge on any atom is -0.280 e. The van der Waals surface area contributed by atoms with Gasteiger partial charge in [-0.15, -0.1) is 0 Å². The summed E-state index contributed by atoms with van der Waals surface area (Å²) in [5.74, 6) is 0.190. The molecule has 6 heteroatoms. The number of nitrogens with zero attached hydrogens (tertiary/aromatic N) is 3. The van der Waals surface area contributed by atoms with Crippen molar-refractivity contribution in [1.29, 1.82) is 0 Å². The van der Waals surface area contributed by atoms with Crippen molar-refractivity contribution in [3.8, 4) is 0 Å². The van der Waals surface area contributed by atoms with Crippen molar-refractivity contribution in [2.75, 3.05) is 4.90 Å². The number of aromatic nitrogens is 2. The summed E-state index contributed by atoms with van der Waals surface area (Å²) in [5.41, 5.74) is 3.87. The number of carbonyl (C=O) groups excluding carboxylic acids is 1. The molecule has 0 radical (unpaired) electrons. The van der Waals surface area contributed by atoms with Crippen molar-refractivity contribution >= 4 is 50.3 Å². The average Bonchev–Trinajstić information content (AvgIpc) is 3.21. The molecule has 4 nitrogen and oxygen atoms in total. The molecule has 0 bridgehead atoms. The Morgan fingerprint density at radius 2 is 1.97 bits per heavy atom. The Kier molecular flexibility index (Phi) is 6.44. The number of rotatable bonds is 6. The van der Waals surface area contributed by atoms with Crippen LogP contribution in [-0.4, -0.2) is 15.9 Å². The topological polar surface area (TPSA) is 46.1 Å². The number of para-hydroxylation sites is 1. The maximum atomic E-state index is 13.3. The van der Waals surface area contributed by atoms with Gasteiger partial charge >= 0.3 is 0 Å². The summed E-state index contributed by atoms with van der Waals surface area (Å²) in [4.78, 5) is 24.0. The predicted octanol–water partition coefficient (Wildman–Crippen LogP) is 6.71. The molecule has 0 unspecified atom stereocenters. The Balaban J connectivity index is 1.72. The molecule has 0 saturated heterocycles. The Bertz CT molecular complexity index is 1230. The van der Waals surface area contributed by atoms with Gasteiger partial charge in [-0.3, -0.25) is 14.7 Å². The first kappa shape index (κ1) is 21.2. The van der Waals surface area contributed by atoms with E-state index in [0.717, 1.165) is 21.3 Å². The van der Waals surface area contributed by atoms with Gasteiger partial charge in [-0.2, -0.15) is 0 Å². The summed E-state index contributed by atoms with van der Waals surface area (Å²) in [6, 6.07) is 17.5. The molecule has 2 heterocycles. The molecule has 0 spiro atoms. The van der Waals surface area contributed by atoms with Crippen LogP contribution >= 0.6 is 22.9 Å². The molecule has 4 aromatic rings. The maximum absolute atomic E-state index is 13.3. The summed E-state index contributed by atoms with van der Waals surface area (Å²) in [6.45, 7) is 4.69. The van der Waals surface area contributed by atoms with Crippen LogP contribution in [0, 0.1) is 0 Å². The van der Waals surface area contributed by atoms with E-state index in [1.165, 1.54) is 16.9 Å².